The summed E-state index contributed by atoms with van der Waals surface area (Å²) in [5.74, 6) is 0.574. The topological polar surface area (TPSA) is 49.8 Å². The first kappa shape index (κ1) is 16.6. The van der Waals surface area contributed by atoms with Crippen LogP contribution in [0.15, 0.2) is 22.7 Å². The summed E-state index contributed by atoms with van der Waals surface area (Å²) >= 11 is 9.23. The lowest BCUT2D eigenvalue weighted by atomic mass is 9.83. The van der Waals surface area contributed by atoms with Crippen molar-refractivity contribution in [2.75, 3.05) is 13.1 Å². The van der Waals surface area contributed by atoms with Crippen LogP contribution in [0.3, 0.4) is 0 Å². The summed E-state index contributed by atoms with van der Waals surface area (Å²) in [6.07, 6.45) is -0.612. The maximum atomic E-state index is 12.3. The molecule has 0 radical (unpaired) electrons. The fraction of sp³-hybridized carbons (Fsp3) is 0.533. The van der Waals surface area contributed by atoms with Crippen LogP contribution in [0.2, 0.25) is 5.02 Å². The summed E-state index contributed by atoms with van der Waals surface area (Å²) in [6, 6.07) is 5.14. The molecule has 0 bridgehead atoms. The van der Waals surface area contributed by atoms with Gasteiger partial charge in [-0.3, -0.25) is 4.79 Å². The Morgan fingerprint density at radius 2 is 2.05 bits per heavy atom. The molecule has 0 saturated carbocycles. The van der Waals surface area contributed by atoms with E-state index in [4.69, 9.17) is 16.3 Å². The van der Waals surface area contributed by atoms with Crippen molar-refractivity contribution in [1.82, 2.24) is 4.90 Å². The van der Waals surface area contributed by atoms with Gasteiger partial charge in [-0.1, -0.05) is 25.4 Å². The van der Waals surface area contributed by atoms with Crippen LogP contribution in [0.1, 0.15) is 20.8 Å². The molecule has 21 heavy (non-hydrogen) atoms. The van der Waals surface area contributed by atoms with Gasteiger partial charge < -0.3 is 14.7 Å². The van der Waals surface area contributed by atoms with E-state index < -0.39 is 11.7 Å². The van der Waals surface area contributed by atoms with Crippen molar-refractivity contribution in [3.63, 3.8) is 0 Å². The maximum Gasteiger partial charge on any atom is 0.263 e. The third-order valence-electron chi connectivity index (χ3n) is 3.86. The monoisotopic (exact) mass is 375 g/mol. The molecule has 6 heteroatoms. The van der Waals surface area contributed by atoms with Gasteiger partial charge in [-0.2, -0.15) is 0 Å². The van der Waals surface area contributed by atoms with Crippen LogP contribution < -0.4 is 4.74 Å². The summed E-state index contributed by atoms with van der Waals surface area (Å²) in [4.78, 5) is 13.9. The van der Waals surface area contributed by atoms with Gasteiger partial charge in [-0.15, -0.1) is 0 Å². The Kier molecular flexibility index (Phi) is 4.85. The average molecular weight is 377 g/mol. The molecule has 1 unspecified atom stereocenters. The van der Waals surface area contributed by atoms with Crippen LogP contribution in [0, 0.1) is 5.92 Å². The zero-order valence-corrected chi connectivity index (χ0v) is 14.6. The molecule has 1 atom stereocenters. The Labute approximate surface area is 138 Å². The SMILES string of the molecule is CC(Oc1ccc(Cl)cc1Br)C(=O)N1CC(O)(C(C)C)C1. The van der Waals surface area contributed by atoms with Gasteiger partial charge >= 0.3 is 0 Å². The van der Waals surface area contributed by atoms with E-state index in [1.807, 2.05) is 13.8 Å². The molecule has 1 aliphatic rings. The van der Waals surface area contributed by atoms with Gasteiger partial charge in [0.15, 0.2) is 6.10 Å². The minimum atomic E-state index is -0.768. The van der Waals surface area contributed by atoms with Crippen LogP contribution in [-0.2, 0) is 4.79 Å². The molecule has 1 N–H and O–H groups in total. The second-order valence-electron chi connectivity index (χ2n) is 5.79. The Balaban J connectivity index is 1.95. The number of β-amino-alcohol motifs (C(OH)–C–C–N with tert-alkyl or cyclic N) is 1. The third kappa shape index (κ3) is 3.52. The average Bonchev–Trinajstić information content (AvgIpc) is 2.37. The summed E-state index contributed by atoms with van der Waals surface area (Å²) in [7, 11) is 0. The molecule has 1 amide bonds. The first-order valence-electron chi connectivity index (χ1n) is 6.86. The van der Waals surface area contributed by atoms with Crippen molar-refractivity contribution in [2.24, 2.45) is 5.92 Å². The first-order valence-corrected chi connectivity index (χ1v) is 8.03. The molecule has 1 aliphatic heterocycles. The minimum Gasteiger partial charge on any atom is -0.480 e. The lowest BCUT2D eigenvalue weighted by Crippen LogP contribution is -2.67. The Morgan fingerprint density at radius 3 is 2.57 bits per heavy atom. The van der Waals surface area contributed by atoms with E-state index in [1.165, 1.54) is 0 Å². The predicted octanol–water partition coefficient (Wildman–Crippen LogP) is 3.10. The van der Waals surface area contributed by atoms with Crippen LogP contribution in [0.25, 0.3) is 0 Å². The largest absolute Gasteiger partial charge is 0.480 e. The summed E-state index contributed by atoms with van der Waals surface area (Å²) in [5, 5.41) is 10.8. The summed E-state index contributed by atoms with van der Waals surface area (Å²) in [5.41, 5.74) is -0.768. The molecule has 0 spiro atoms. The number of hydrogen-bond donors (Lipinski definition) is 1. The highest BCUT2D eigenvalue weighted by Crippen LogP contribution is 2.31. The molecule has 4 nitrogen and oxygen atoms in total. The predicted molar refractivity (Wildman–Crippen MR) is 85.6 cm³/mol. The maximum absolute atomic E-state index is 12.3. The van der Waals surface area contributed by atoms with Crippen molar-refractivity contribution in [3.8, 4) is 5.75 Å². The number of halogens is 2. The number of ether oxygens (including phenoxy) is 1. The molecule has 0 aliphatic carbocycles. The molecule has 1 fully saturated rings. The number of rotatable bonds is 4. The Bertz CT molecular complexity index is 544. The molecular formula is C15H19BrClNO3. The van der Waals surface area contributed by atoms with E-state index in [0.29, 0.717) is 28.3 Å². The van der Waals surface area contributed by atoms with Crippen LogP contribution in [0.5, 0.6) is 5.75 Å². The standard InChI is InChI=1S/C15H19BrClNO3/c1-9(2)15(20)7-18(8-15)14(19)10(3)21-13-5-4-11(17)6-12(13)16/h4-6,9-10,20H,7-8H2,1-3H3. The van der Waals surface area contributed by atoms with Crippen LogP contribution >= 0.6 is 27.5 Å². The van der Waals surface area contributed by atoms with E-state index in [0.717, 1.165) is 0 Å². The van der Waals surface area contributed by atoms with Crippen LogP contribution in [-0.4, -0.2) is 40.7 Å². The van der Waals surface area contributed by atoms with Crippen molar-refractivity contribution < 1.29 is 14.6 Å². The van der Waals surface area contributed by atoms with Gasteiger partial charge in [0.05, 0.1) is 17.6 Å². The second kappa shape index (κ2) is 6.15. The van der Waals surface area contributed by atoms with Crippen LogP contribution in [0.4, 0.5) is 0 Å². The summed E-state index contributed by atoms with van der Waals surface area (Å²) < 4.78 is 6.37. The van der Waals surface area contributed by atoms with Gasteiger partial charge in [0, 0.05) is 5.02 Å². The number of aliphatic hydroxyl groups is 1. The smallest absolute Gasteiger partial charge is 0.263 e. The van der Waals surface area contributed by atoms with Crippen molar-refractivity contribution in [3.05, 3.63) is 27.7 Å². The normalized spacial score (nSPS) is 18.3. The fourth-order valence-corrected chi connectivity index (χ4v) is 2.98. The Morgan fingerprint density at radius 1 is 1.43 bits per heavy atom. The molecule has 1 saturated heterocycles. The number of likely N-dealkylation sites (tertiary alicyclic amines) is 1. The highest BCUT2D eigenvalue weighted by Gasteiger charge is 2.46. The van der Waals surface area contributed by atoms with E-state index in [2.05, 4.69) is 15.9 Å². The molecular weight excluding hydrogens is 358 g/mol. The van der Waals surface area contributed by atoms with Gasteiger partial charge in [-0.05, 0) is 47.0 Å². The zero-order valence-electron chi connectivity index (χ0n) is 12.3. The fourth-order valence-electron chi connectivity index (χ4n) is 2.20. The van der Waals surface area contributed by atoms with Crippen molar-refractivity contribution in [2.45, 2.75) is 32.5 Å². The molecule has 1 aromatic carbocycles. The van der Waals surface area contributed by atoms with E-state index in [9.17, 15) is 9.90 Å². The zero-order chi connectivity index (χ0) is 15.8. The van der Waals surface area contributed by atoms with Crippen molar-refractivity contribution >= 4 is 33.4 Å². The molecule has 1 aromatic rings. The molecule has 1 heterocycles. The van der Waals surface area contributed by atoms with E-state index >= 15 is 0 Å². The quantitative estimate of drug-likeness (QED) is 0.878. The van der Waals surface area contributed by atoms with E-state index in [-0.39, 0.29) is 11.8 Å². The van der Waals surface area contributed by atoms with Gasteiger partial charge in [-0.25, -0.2) is 0 Å². The lowest BCUT2D eigenvalue weighted by molar-refractivity contribution is -0.169. The number of carbonyl (C=O) groups is 1. The number of carbonyl (C=O) groups excluding carboxylic acids is 1. The van der Waals surface area contributed by atoms with Crippen molar-refractivity contribution in [1.29, 1.82) is 0 Å². The van der Waals surface area contributed by atoms with E-state index in [1.54, 1.807) is 30.0 Å². The number of amides is 1. The van der Waals surface area contributed by atoms with Gasteiger partial charge in [0.2, 0.25) is 0 Å². The minimum absolute atomic E-state index is 0.123. The number of nitrogens with zero attached hydrogens (tertiary/aromatic N) is 1. The first-order chi connectivity index (χ1) is 9.73. The second-order valence-corrected chi connectivity index (χ2v) is 7.08. The lowest BCUT2D eigenvalue weighted by Gasteiger charge is -2.49. The Hall–Kier alpha value is -0.780. The highest BCUT2D eigenvalue weighted by atomic mass is 79.9. The number of hydrogen-bond acceptors (Lipinski definition) is 3. The highest BCUT2D eigenvalue weighted by molar-refractivity contribution is 9.10. The number of benzene rings is 1. The van der Waals surface area contributed by atoms with Gasteiger partial charge in [0.25, 0.3) is 5.91 Å². The third-order valence-corrected chi connectivity index (χ3v) is 4.72. The van der Waals surface area contributed by atoms with Gasteiger partial charge in [0.1, 0.15) is 11.4 Å². The molecule has 0 aromatic heterocycles. The molecule has 116 valence electrons. The molecule has 2 rings (SSSR count). The summed E-state index contributed by atoms with van der Waals surface area (Å²) in [6.45, 7) is 6.33.